The van der Waals surface area contributed by atoms with Crippen molar-refractivity contribution in [3.63, 3.8) is 0 Å². The first kappa shape index (κ1) is 19.9. The van der Waals surface area contributed by atoms with E-state index < -0.39 is 12.5 Å². The van der Waals surface area contributed by atoms with Gasteiger partial charge in [0.1, 0.15) is 18.3 Å². The molecule has 1 saturated heterocycles. The van der Waals surface area contributed by atoms with E-state index in [0.717, 1.165) is 0 Å². The van der Waals surface area contributed by atoms with E-state index in [1.54, 1.807) is 6.07 Å². The van der Waals surface area contributed by atoms with Gasteiger partial charge in [-0.2, -0.15) is 5.26 Å². The summed E-state index contributed by atoms with van der Waals surface area (Å²) in [5.41, 5.74) is 1.38. The molecule has 0 unspecified atom stereocenters. The van der Waals surface area contributed by atoms with Gasteiger partial charge in [0.25, 0.3) is 0 Å². The number of aromatic amines is 1. The van der Waals surface area contributed by atoms with Crippen molar-refractivity contribution in [3.8, 4) is 6.07 Å². The van der Waals surface area contributed by atoms with Crippen LogP contribution in [0.15, 0.2) is 11.2 Å². The maximum absolute atomic E-state index is 15.4. The second-order valence-electron chi connectivity index (χ2n) is 7.88. The lowest BCUT2D eigenvalue weighted by atomic mass is 10.1. The lowest BCUT2D eigenvalue weighted by Crippen LogP contribution is -2.52. The zero-order valence-electron chi connectivity index (χ0n) is 16.1. The fraction of sp³-hybridized carbons (Fsp3) is 0.579. The number of hydrogen-bond acceptors (Lipinski definition) is 5. The van der Waals surface area contributed by atoms with Crippen LogP contribution in [0.5, 0.6) is 0 Å². The van der Waals surface area contributed by atoms with E-state index in [-0.39, 0.29) is 16.3 Å². The summed E-state index contributed by atoms with van der Waals surface area (Å²) >= 11 is 1.52. The lowest BCUT2D eigenvalue weighted by molar-refractivity contribution is 0.210. The molecular formula is C19H25F2N5S. The Kier molecular flexibility index (Phi) is 5.63. The molecule has 1 aliphatic rings. The third-order valence-corrected chi connectivity index (χ3v) is 5.59. The molecule has 0 radical (unpaired) electrons. The molecular weight excluding hydrogens is 368 g/mol. The van der Waals surface area contributed by atoms with Crippen molar-refractivity contribution < 1.29 is 8.78 Å². The van der Waals surface area contributed by atoms with Gasteiger partial charge in [-0.15, -0.1) is 0 Å². The average Bonchev–Trinajstić information content (AvgIpc) is 2.96. The molecule has 0 aliphatic carbocycles. The van der Waals surface area contributed by atoms with Gasteiger partial charge in [0.2, 0.25) is 0 Å². The van der Waals surface area contributed by atoms with Crippen molar-refractivity contribution in [3.05, 3.63) is 17.4 Å². The highest BCUT2D eigenvalue weighted by atomic mass is 32.2. The minimum atomic E-state index is -0.466. The Bertz CT molecular complexity index is 868. The third-order valence-electron chi connectivity index (χ3n) is 4.59. The highest BCUT2D eigenvalue weighted by Crippen LogP contribution is 2.36. The van der Waals surface area contributed by atoms with Crippen LogP contribution in [0.1, 0.15) is 33.3 Å². The van der Waals surface area contributed by atoms with Gasteiger partial charge in [0.15, 0.2) is 11.0 Å². The summed E-state index contributed by atoms with van der Waals surface area (Å²) in [5.74, 6) is -0.466. The number of piperazine rings is 1. The number of hydrogen-bond donors (Lipinski definition) is 1. The van der Waals surface area contributed by atoms with Gasteiger partial charge in [-0.1, -0.05) is 32.5 Å². The maximum atomic E-state index is 15.4. The molecule has 1 aliphatic heterocycles. The number of halogens is 2. The predicted octanol–water partition coefficient (Wildman–Crippen LogP) is 3.94. The minimum Gasteiger partial charge on any atom is -0.363 e. The number of nitrogens with one attached hydrogen (secondary N) is 1. The standard InChI is InChI=1S/C19H25F2N5S/c1-12-11-25(6-5-20)7-8-26(12)17-13(10-22)9-14-16(15(17)21)24-18(23-14)27-19(2,3)4/h9,12H,5-8,11H2,1-4H3,(H,23,24)/t12-/m0/s1. The van der Waals surface area contributed by atoms with Gasteiger partial charge in [0.05, 0.1) is 16.8 Å². The van der Waals surface area contributed by atoms with Crippen LogP contribution in [-0.2, 0) is 0 Å². The van der Waals surface area contributed by atoms with Gasteiger partial charge in [-0.05, 0) is 13.0 Å². The molecule has 0 bridgehead atoms. The highest BCUT2D eigenvalue weighted by molar-refractivity contribution is 8.00. The number of anilines is 1. The number of alkyl halides is 1. The zero-order valence-corrected chi connectivity index (χ0v) is 17.0. The summed E-state index contributed by atoms with van der Waals surface area (Å²) in [6.07, 6.45) is 0. The van der Waals surface area contributed by atoms with Gasteiger partial charge in [0, 0.05) is 37.0 Å². The van der Waals surface area contributed by atoms with Crippen LogP contribution in [0, 0.1) is 17.1 Å². The lowest BCUT2D eigenvalue weighted by Gasteiger charge is -2.41. The van der Waals surface area contributed by atoms with E-state index in [9.17, 15) is 9.65 Å². The molecule has 5 nitrogen and oxygen atoms in total. The molecule has 27 heavy (non-hydrogen) atoms. The molecule has 146 valence electrons. The molecule has 8 heteroatoms. The van der Waals surface area contributed by atoms with Crippen LogP contribution in [0.4, 0.5) is 14.5 Å². The molecule has 2 heterocycles. The Morgan fingerprint density at radius 1 is 1.41 bits per heavy atom. The van der Waals surface area contributed by atoms with Crippen molar-refractivity contribution >= 4 is 28.5 Å². The molecule has 1 fully saturated rings. The first-order valence-electron chi connectivity index (χ1n) is 9.09. The van der Waals surface area contributed by atoms with Crippen LogP contribution in [0.25, 0.3) is 11.0 Å². The zero-order chi connectivity index (χ0) is 19.8. The van der Waals surface area contributed by atoms with Crippen molar-refractivity contribution in [1.29, 1.82) is 5.26 Å². The average molecular weight is 394 g/mol. The number of thioether (sulfide) groups is 1. The molecule has 1 atom stereocenters. The Hall–Kier alpha value is -1.85. The maximum Gasteiger partial charge on any atom is 0.175 e. The van der Waals surface area contributed by atoms with Crippen molar-refractivity contribution in [2.45, 2.75) is 43.6 Å². The van der Waals surface area contributed by atoms with Crippen LogP contribution in [0.3, 0.4) is 0 Å². The smallest absolute Gasteiger partial charge is 0.175 e. The first-order chi connectivity index (χ1) is 12.7. The van der Waals surface area contributed by atoms with Gasteiger partial charge < -0.3 is 9.88 Å². The van der Waals surface area contributed by atoms with Crippen molar-refractivity contribution in [2.75, 3.05) is 37.8 Å². The van der Waals surface area contributed by atoms with E-state index in [4.69, 9.17) is 0 Å². The predicted molar refractivity (Wildman–Crippen MR) is 106 cm³/mol. The van der Waals surface area contributed by atoms with E-state index in [0.29, 0.717) is 48.1 Å². The molecule has 0 saturated carbocycles. The van der Waals surface area contributed by atoms with Crippen molar-refractivity contribution in [2.24, 2.45) is 0 Å². The second-order valence-corrected chi connectivity index (χ2v) is 9.70. The number of H-pyrrole nitrogens is 1. The third kappa shape index (κ3) is 4.19. The van der Waals surface area contributed by atoms with Gasteiger partial charge >= 0.3 is 0 Å². The van der Waals surface area contributed by atoms with Crippen LogP contribution in [-0.4, -0.2) is 58.5 Å². The van der Waals surface area contributed by atoms with Gasteiger partial charge in [-0.25, -0.2) is 13.8 Å². The van der Waals surface area contributed by atoms with Crippen LogP contribution >= 0.6 is 11.8 Å². The number of imidazole rings is 1. The topological polar surface area (TPSA) is 59.0 Å². The monoisotopic (exact) mass is 393 g/mol. The summed E-state index contributed by atoms with van der Waals surface area (Å²) in [4.78, 5) is 11.5. The number of fused-ring (bicyclic) bond motifs is 1. The molecule has 2 aromatic rings. The second kappa shape index (κ2) is 7.64. The Morgan fingerprint density at radius 3 is 2.74 bits per heavy atom. The molecule has 1 aromatic carbocycles. The Morgan fingerprint density at radius 2 is 2.15 bits per heavy atom. The summed E-state index contributed by atoms with van der Waals surface area (Å²) in [7, 11) is 0. The molecule has 0 spiro atoms. The summed E-state index contributed by atoms with van der Waals surface area (Å²) in [6.45, 7) is 9.98. The number of aromatic nitrogens is 2. The molecule has 0 amide bonds. The van der Waals surface area contributed by atoms with E-state index in [2.05, 4.69) is 36.8 Å². The summed E-state index contributed by atoms with van der Waals surface area (Å²) in [6, 6.07) is 3.78. The number of benzene rings is 1. The number of nitrogens with zero attached hydrogens (tertiary/aromatic N) is 4. The first-order valence-corrected chi connectivity index (χ1v) is 9.91. The Balaban J connectivity index is 2.00. The van der Waals surface area contributed by atoms with Crippen LogP contribution < -0.4 is 4.90 Å². The Labute approximate surface area is 162 Å². The largest absolute Gasteiger partial charge is 0.363 e. The summed E-state index contributed by atoms with van der Waals surface area (Å²) < 4.78 is 28.0. The fourth-order valence-electron chi connectivity index (χ4n) is 3.47. The molecule has 1 aromatic heterocycles. The van der Waals surface area contributed by atoms with Crippen LogP contribution in [0.2, 0.25) is 0 Å². The van der Waals surface area contributed by atoms with Gasteiger partial charge in [-0.3, -0.25) is 4.90 Å². The molecule has 3 rings (SSSR count). The van der Waals surface area contributed by atoms with E-state index in [1.807, 2.05) is 16.7 Å². The normalized spacial score (nSPS) is 18.9. The quantitative estimate of drug-likeness (QED) is 0.797. The summed E-state index contributed by atoms with van der Waals surface area (Å²) in [5, 5.41) is 10.2. The van der Waals surface area contributed by atoms with Crippen molar-refractivity contribution in [1.82, 2.24) is 14.9 Å². The number of nitriles is 1. The van der Waals surface area contributed by atoms with E-state index in [1.165, 1.54) is 11.8 Å². The molecule has 1 N–H and O–H groups in total. The number of rotatable bonds is 4. The fourth-order valence-corrected chi connectivity index (χ4v) is 4.35. The SMILES string of the molecule is C[C@H]1CN(CCF)CCN1c1c(C#N)cc2[nH]c(SC(C)(C)C)nc2c1F. The minimum absolute atomic E-state index is 0.0216. The van der Waals surface area contributed by atoms with E-state index >= 15 is 4.39 Å². The highest BCUT2D eigenvalue weighted by Gasteiger charge is 2.29.